The highest BCUT2D eigenvalue weighted by atomic mass is 16.3. The van der Waals surface area contributed by atoms with Crippen molar-refractivity contribution in [1.29, 1.82) is 0 Å². The predicted octanol–water partition coefficient (Wildman–Crippen LogP) is 2.65. The van der Waals surface area contributed by atoms with Gasteiger partial charge in [0.05, 0.1) is 0 Å². The molecular formula is C17H26N2O. The third-order valence-corrected chi connectivity index (χ3v) is 5.02. The van der Waals surface area contributed by atoms with Crippen molar-refractivity contribution in [2.75, 3.05) is 33.7 Å². The summed E-state index contributed by atoms with van der Waals surface area (Å²) in [6.07, 6.45) is 4.75. The minimum Gasteiger partial charge on any atom is -0.508 e. The van der Waals surface area contributed by atoms with Crippen molar-refractivity contribution in [3.8, 4) is 5.75 Å². The largest absolute Gasteiger partial charge is 0.508 e. The van der Waals surface area contributed by atoms with Gasteiger partial charge in [-0.3, -0.25) is 4.90 Å². The fraction of sp³-hybridized carbons (Fsp3) is 0.647. The number of hydrogen-bond donors (Lipinski definition) is 1. The van der Waals surface area contributed by atoms with E-state index in [1.165, 1.54) is 50.0 Å². The molecule has 1 fully saturated rings. The van der Waals surface area contributed by atoms with Gasteiger partial charge in [-0.25, -0.2) is 0 Å². The van der Waals surface area contributed by atoms with E-state index in [2.05, 4.69) is 30.0 Å². The third-order valence-electron chi connectivity index (χ3n) is 5.02. The van der Waals surface area contributed by atoms with E-state index in [0.29, 0.717) is 11.8 Å². The van der Waals surface area contributed by atoms with E-state index >= 15 is 0 Å². The van der Waals surface area contributed by atoms with Crippen LogP contribution in [0.15, 0.2) is 18.2 Å². The number of aromatic hydroxyl groups is 1. The molecule has 1 heterocycles. The Balaban J connectivity index is 1.73. The minimum atomic E-state index is 0.483. The van der Waals surface area contributed by atoms with Crippen LogP contribution in [0.3, 0.4) is 0 Å². The summed E-state index contributed by atoms with van der Waals surface area (Å²) in [6.45, 7) is 3.63. The van der Waals surface area contributed by atoms with Crippen LogP contribution in [0.25, 0.3) is 0 Å². The highest BCUT2D eigenvalue weighted by Gasteiger charge is 2.28. The van der Waals surface area contributed by atoms with Crippen molar-refractivity contribution >= 4 is 0 Å². The molecule has 1 aromatic rings. The number of likely N-dealkylation sites (tertiary alicyclic amines) is 1. The van der Waals surface area contributed by atoms with Crippen molar-refractivity contribution < 1.29 is 5.11 Å². The minimum absolute atomic E-state index is 0.483. The Labute approximate surface area is 122 Å². The second-order valence-corrected chi connectivity index (χ2v) is 6.61. The molecule has 3 rings (SSSR count). The number of nitrogens with zero attached hydrogens (tertiary/aromatic N) is 2. The molecule has 2 atom stereocenters. The summed E-state index contributed by atoms with van der Waals surface area (Å²) >= 11 is 0. The zero-order valence-corrected chi connectivity index (χ0v) is 12.7. The second-order valence-electron chi connectivity index (χ2n) is 6.61. The Morgan fingerprint density at radius 1 is 1.35 bits per heavy atom. The lowest BCUT2D eigenvalue weighted by Gasteiger charge is -2.35. The molecule has 2 unspecified atom stereocenters. The van der Waals surface area contributed by atoms with Crippen LogP contribution >= 0.6 is 0 Å². The molecule has 0 radical (unpaired) electrons. The molecule has 3 heteroatoms. The zero-order valence-electron chi connectivity index (χ0n) is 12.7. The van der Waals surface area contributed by atoms with Crippen LogP contribution in [0.2, 0.25) is 0 Å². The number of phenolic OH excluding ortho intramolecular Hbond substituents is 1. The summed E-state index contributed by atoms with van der Waals surface area (Å²) < 4.78 is 0. The summed E-state index contributed by atoms with van der Waals surface area (Å²) in [5.41, 5.74) is 2.53. The molecule has 0 aromatic heterocycles. The number of rotatable bonds is 3. The lowest BCUT2D eigenvalue weighted by molar-refractivity contribution is 0.189. The van der Waals surface area contributed by atoms with E-state index in [9.17, 15) is 5.11 Å². The molecule has 1 aromatic carbocycles. The average molecular weight is 274 g/mol. The van der Waals surface area contributed by atoms with Crippen LogP contribution in [-0.4, -0.2) is 48.6 Å². The van der Waals surface area contributed by atoms with Crippen LogP contribution < -0.4 is 0 Å². The van der Waals surface area contributed by atoms with E-state index in [1.54, 1.807) is 0 Å². The predicted molar refractivity (Wildman–Crippen MR) is 82.0 cm³/mol. The summed E-state index contributed by atoms with van der Waals surface area (Å²) in [7, 11) is 4.47. The first kappa shape index (κ1) is 13.9. The summed E-state index contributed by atoms with van der Waals surface area (Å²) in [4.78, 5) is 4.94. The van der Waals surface area contributed by atoms with Gasteiger partial charge < -0.3 is 10.0 Å². The maximum absolute atomic E-state index is 10.0. The first-order chi connectivity index (χ1) is 9.65. The first-order valence-electron chi connectivity index (χ1n) is 7.84. The summed E-state index contributed by atoms with van der Waals surface area (Å²) in [6, 6.07) is 6.50. The van der Waals surface area contributed by atoms with E-state index < -0.39 is 0 Å². The maximum atomic E-state index is 10.0. The topological polar surface area (TPSA) is 26.7 Å². The monoisotopic (exact) mass is 274 g/mol. The summed E-state index contributed by atoms with van der Waals surface area (Å²) in [5.74, 6) is 1.29. The van der Waals surface area contributed by atoms with Gasteiger partial charge in [0, 0.05) is 19.1 Å². The SMILES string of the molecule is CN1CCC(CN(C)C2CCCc3c(O)cccc32)C1. The lowest BCUT2D eigenvalue weighted by atomic mass is 9.86. The Hall–Kier alpha value is -1.06. The quantitative estimate of drug-likeness (QED) is 0.918. The number of phenols is 1. The molecule has 1 aliphatic heterocycles. The molecule has 0 bridgehead atoms. The standard InChI is InChI=1S/C17H26N2O/c1-18-10-9-13(11-18)12-19(2)16-7-3-6-15-14(16)5-4-8-17(15)20/h4-5,8,13,16,20H,3,6-7,9-12H2,1-2H3. The third kappa shape index (κ3) is 2.70. The molecule has 0 spiro atoms. The molecule has 0 amide bonds. The molecule has 1 aliphatic carbocycles. The molecule has 1 saturated heterocycles. The van der Waals surface area contributed by atoms with Gasteiger partial charge in [0.1, 0.15) is 5.75 Å². The molecule has 2 aliphatic rings. The zero-order chi connectivity index (χ0) is 14.1. The molecule has 1 N–H and O–H groups in total. The Bertz CT molecular complexity index is 474. The lowest BCUT2D eigenvalue weighted by Crippen LogP contribution is -2.33. The normalized spacial score (nSPS) is 26.9. The van der Waals surface area contributed by atoms with Gasteiger partial charge in [-0.15, -0.1) is 0 Å². The van der Waals surface area contributed by atoms with Crippen molar-refractivity contribution in [2.24, 2.45) is 5.92 Å². The van der Waals surface area contributed by atoms with Crippen molar-refractivity contribution in [1.82, 2.24) is 9.80 Å². The number of hydrogen-bond acceptors (Lipinski definition) is 3. The van der Waals surface area contributed by atoms with Crippen LogP contribution in [-0.2, 0) is 6.42 Å². The molecule has 110 valence electrons. The summed E-state index contributed by atoms with van der Waals surface area (Å²) in [5, 5.41) is 10.0. The van der Waals surface area contributed by atoms with Gasteiger partial charge in [-0.1, -0.05) is 12.1 Å². The van der Waals surface area contributed by atoms with E-state index in [0.717, 1.165) is 12.3 Å². The highest BCUT2D eigenvalue weighted by molar-refractivity contribution is 5.42. The first-order valence-corrected chi connectivity index (χ1v) is 7.84. The van der Waals surface area contributed by atoms with E-state index in [-0.39, 0.29) is 0 Å². The van der Waals surface area contributed by atoms with Crippen molar-refractivity contribution in [3.05, 3.63) is 29.3 Å². The van der Waals surface area contributed by atoms with Crippen molar-refractivity contribution in [3.63, 3.8) is 0 Å². The fourth-order valence-electron chi connectivity index (χ4n) is 3.97. The Kier molecular flexibility index (Phi) is 3.99. The van der Waals surface area contributed by atoms with Gasteiger partial charge in [0.2, 0.25) is 0 Å². The Morgan fingerprint density at radius 2 is 2.20 bits per heavy atom. The van der Waals surface area contributed by atoms with Gasteiger partial charge in [0.25, 0.3) is 0 Å². The second kappa shape index (κ2) is 5.74. The highest BCUT2D eigenvalue weighted by Crippen LogP contribution is 2.38. The molecule has 0 saturated carbocycles. The van der Waals surface area contributed by atoms with Crippen LogP contribution in [0.4, 0.5) is 0 Å². The van der Waals surface area contributed by atoms with Gasteiger partial charge in [0.15, 0.2) is 0 Å². The number of benzene rings is 1. The number of fused-ring (bicyclic) bond motifs is 1. The van der Waals surface area contributed by atoms with Gasteiger partial charge >= 0.3 is 0 Å². The maximum Gasteiger partial charge on any atom is 0.119 e. The molecule has 3 nitrogen and oxygen atoms in total. The van der Waals surface area contributed by atoms with Crippen LogP contribution in [0.1, 0.15) is 36.4 Å². The Morgan fingerprint density at radius 3 is 2.95 bits per heavy atom. The van der Waals surface area contributed by atoms with Gasteiger partial charge in [-0.05, 0) is 69.4 Å². The average Bonchev–Trinajstić information content (AvgIpc) is 2.84. The smallest absolute Gasteiger partial charge is 0.119 e. The van der Waals surface area contributed by atoms with E-state index in [4.69, 9.17) is 0 Å². The molecular weight excluding hydrogens is 248 g/mol. The van der Waals surface area contributed by atoms with Gasteiger partial charge in [-0.2, -0.15) is 0 Å². The van der Waals surface area contributed by atoms with E-state index in [1.807, 2.05) is 12.1 Å². The van der Waals surface area contributed by atoms with Crippen molar-refractivity contribution in [2.45, 2.75) is 31.7 Å². The fourth-order valence-corrected chi connectivity index (χ4v) is 3.97. The molecule has 20 heavy (non-hydrogen) atoms. The van der Waals surface area contributed by atoms with Crippen LogP contribution in [0, 0.1) is 5.92 Å². The van der Waals surface area contributed by atoms with Crippen LogP contribution in [0.5, 0.6) is 5.75 Å².